The molecule has 1 fully saturated rings. The fourth-order valence-electron chi connectivity index (χ4n) is 2.11. The Labute approximate surface area is 107 Å². The zero-order valence-corrected chi connectivity index (χ0v) is 11.3. The Morgan fingerprint density at radius 2 is 2.24 bits per heavy atom. The van der Waals surface area contributed by atoms with E-state index in [-0.39, 0.29) is 5.75 Å². The average molecular weight is 316 g/mol. The number of hydrogen-bond donors (Lipinski definition) is 0. The van der Waals surface area contributed by atoms with Crippen LogP contribution in [0, 0.1) is 0 Å². The van der Waals surface area contributed by atoms with Gasteiger partial charge in [0.05, 0.1) is 5.75 Å². The van der Waals surface area contributed by atoms with Crippen LogP contribution in [0.4, 0.5) is 0 Å². The number of hydrogen-bond acceptors (Lipinski definition) is 4. The largest absolute Gasteiger partial charge is 0.228 e. The number of fused-ring (bicyclic) bond motifs is 1. The maximum atomic E-state index is 11.8. The van der Waals surface area contributed by atoms with Crippen LogP contribution in [0.2, 0.25) is 0 Å². The number of pyridine rings is 1. The molecule has 5 nitrogen and oxygen atoms in total. The van der Waals surface area contributed by atoms with Crippen LogP contribution in [0.1, 0.15) is 23.9 Å². The molecule has 0 saturated carbocycles. The SMILES string of the molecule is O=S1(=O)CCCC1c1nc2cccc(Br)n2n1. The van der Waals surface area contributed by atoms with E-state index in [0.29, 0.717) is 24.3 Å². The van der Waals surface area contributed by atoms with E-state index in [9.17, 15) is 8.42 Å². The Bertz CT molecular complexity index is 680. The number of aromatic nitrogens is 3. The summed E-state index contributed by atoms with van der Waals surface area (Å²) in [5, 5.41) is 3.74. The van der Waals surface area contributed by atoms with Crippen LogP contribution in [0.25, 0.3) is 5.65 Å². The van der Waals surface area contributed by atoms with Gasteiger partial charge in [0.15, 0.2) is 21.3 Å². The minimum Gasteiger partial charge on any atom is -0.228 e. The van der Waals surface area contributed by atoms with Gasteiger partial charge in [0.2, 0.25) is 0 Å². The van der Waals surface area contributed by atoms with Crippen LogP contribution in [0.15, 0.2) is 22.8 Å². The van der Waals surface area contributed by atoms with Crippen molar-refractivity contribution in [2.45, 2.75) is 18.1 Å². The van der Waals surface area contributed by atoms with Crippen LogP contribution >= 0.6 is 15.9 Å². The van der Waals surface area contributed by atoms with Gasteiger partial charge in [0.25, 0.3) is 0 Å². The molecule has 1 unspecified atom stereocenters. The fraction of sp³-hybridized carbons (Fsp3) is 0.400. The maximum absolute atomic E-state index is 11.8. The Morgan fingerprint density at radius 1 is 1.41 bits per heavy atom. The monoisotopic (exact) mass is 315 g/mol. The fourth-order valence-corrected chi connectivity index (χ4v) is 4.32. The van der Waals surface area contributed by atoms with Crippen molar-refractivity contribution < 1.29 is 8.42 Å². The van der Waals surface area contributed by atoms with E-state index in [0.717, 1.165) is 4.60 Å². The second-order valence-corrected chi connectivity index (χ2v) is 7.20. The third-order valence-corrected chi connectivity index (χ3v) is 5.72. The predicted octanol–water partition coefficient (Wildman–Crippen LogP) is 1.74. The molecule has 0 bridgehead atoms. The summed E-state index contributed by atoms with van der Waals surface area (Å²) < 4.78 is 26.0. The molecule has 90 valence electrons. The normalized spacial score (nSPS) is 23.2. The number of nitrogens with zero attached hydrogens (tertiary/aromatic N) is 3. The van der Waals surface area contributed by atoms with Gasteiger partial charge in [-0.2, -0.15) is 0 Å². The molecule has 7 heteroatoms. The highest BCUT2D eigenvalue weighted by atomic mass is 79.9. The standard InChI is InChI=1S/C10H10BrN3O2S/c11-8-4-1-5-9-12-10(13-14(8)9)7-3-2-6-17(7,15)16/h1,4-5,7H,2-3,6H2. The topological polar surface area (TPSA) is 64.3 Å². The van der Waals surface area contributed by atoms with E-state index < -0.39 is 15.1 Å². The molecule has 1 atom stereocenters. The van der Waals surface area contributed by atoms with E-state index in [1.165, 1.54) is 0 Å². The molecule has 3 rings (SSSR count). The lowest BCUT2D eigenvalue weighted by atomic mass is 10.2. The van der Waals surface area contributed by atoms with Crippen LogP contribution in [-0.4, -0.2) is 28.8 Å². The molecule has 0 N–H and O–H groups in total. The lowest BCUT2D eigenvalue weighted by Gasteiger charge is -2.02. The van der Waals surface area contributed by atoms with Crippen molar-refractivity contribution in [2.24, 2.45) is 0 Å². The molecule has 3 heterocycles. The smallest absolute Gasteiger partial charge is 0.169 e. The summed E-state index contributed by atoms with van der Waals surface area (Å²) in [5.74, 6) is 0.656. The molecule has 17 heavy (non-hydrogen) atoms. The Balaban J connectivity index is 2.16. The van der Waals surface area contributed by atoms with E-state index in [1.54, 1.807) is 4.52 Å². The highest BCUT2D eigenvalue weighted by Crippen LogP contribution is 2.33. The van der Waals surface area contributed by atoms with Gasteiger partial charge < -0.3 is 0 Å². The van der Waals surface area contributed by atoms with Gasteiger partial charge in [0.1, 0.15) is 9.85 Å². The maximum Gasteiger partial charge on any atom is 0.169 e. The van der Waals surface area contributed by atoms with E-state index in [2.05, 4.69) is 26.0 Å². The van der Waals surface area contributed by atoms with Crippen LogP contribution in [0.3, 0.4) is 0 Å². The van der Waals surface area contributed by atoms with Gasteiger partial charge in [-0.05, 0) is 40.9 Å². The molecule has 1 saturated heterocycles. The van der Waals surface area contributed by atoms with Crippen molar-refractivity contribution >= 4 is 31.4 Å². The predicted molar refractivity (Wildman–Crippen MR) is 66.4 cm³/mol. The molecule has 0 spiro atoms. The van der Waals surface area contributed by atoms with Gasteiger partial charge in [-0.3, -0.25) is 0 Å². The first-order valence-corrected chi connectivity index (χ1v) is 7.81. The van der Waals surface area contributed by atoms with Crippen LogP contribution in [0.5, 0.6) is 0 Å². The summed E-state index contributed by atoms with van der Waals surface area (Å²) in [6, 6.07) is 5.50. The second kappa shape index (κ2) is 3.78. The van der Waals surface area contributed by atoms with Gasteiger partial charge >= 0.3 is 0 Å². The molecule has 2 aromatic rings. The Hall–Kier alpha value is -0.950. The summed E-state index contributed by atoms with van der Waals surface area (Å²) >= 11 is 3.36. The van der Waals surface area contributed by atoms with Crippen molar-refractivity contribution in [3.05, 3.63) is 28.6 Å². The molecular weight excluding hydrogens is 306 g/mol. The van der Waals surface area contributed by atoms with Crippen molar-refractivity contribution in [1.82, 2.24) is 14.6 Å². The van der Waals surface area contributed by atoms with Crippen molar-refractivity contribution in [2.75, 3.05) is 5.75 Å². The first-order chi connectivity index (χ1) is 8.08. The van der Waals surface area contributed by atoms with Crippen LogP contribution in [-0.2, 0) is 9.84 Å². The second-order valence-electron chi connectivity index (χ2n) is 4.09. The first-order valence-electron chi connectivity index (χ1n) is 5.31. The summed E-state index contributed by atoms with van der Waals surface area (Å²) in [6.45, 7) is 0. The lowest BCUT2D eigenvalue weighted by molar-refractivity contribution is 0.588. The quantitative estimate of drug-likeness (QED) is 0.752. The van der Waals surface area contributed by atoms with Gasteiger partial charge in [-0.15, -0.1) is 5.10 Å². The zero-order chi connectivity index (χ0) is 12.0. The van der Waals surface area contributed by atoms with E-state index in [4.69, 9.17) is 0 Å². The number of rotatable bonds is 1. The summed E-state index contributed by atoms with van der Waals surface area (Å²) in [7, 11) is -3.05. The Kier molecular flexibility index (Phi) is 2.48. The summed E-state index contributed by atoms with van der Waals surface area (Å²) in [4.78, 5) is 4.29. The van der Waals surface area contributed by atoms with Crippen molar-refractivity contribution in [3.8, 4) is 0 Å². The first kappa shape index (κ1) is 11.2. The summed E-state index contributed by atoms with van der Waals surface area (Å²) in [5.41, 5.74) is 0.663. The highest BCUT2D eigenvalue weighted by Gasteiger charge is 2.35. The van der Waals surface area contributed by atoms with Crippen molar-refractivity contribution in [3.63, 3.8) is 0 Å². The molecule has 0 amide bonds. The molecule has 2 aromatic heterocycles. The van der Waals surface area contributed by atoms with E-state index in [1.807, 2.05) is 18.2 Å². The minimum absolute atomic E-state index is 0.244. The Morgan fingerprint density at radius 3 is 2.88 bits per heavy atom. The highest BCUT2D eigenvalue weighted by molar-refractivity contribution is 9.10. The minimum atomic E-state index is -3.05. The van der Waals surface area contributed by atoms with Gasteiger partial charge in [-0.1, -0.05) is 6.07 Å². The van der Waals surface area contributed by atoms with Crippen molar-refractivity contribution in [1.29, 1.82) is 0 Å². The molecular formula is C10H10BrN3O2S. The average Bonchev–Trinajstić information content (AvgIpc) is 2.81. The van der Waals surface area contributed by atoms with E-state index >= 15 is 0 Å². The summed E-state index contributed by atoms with van der Waals surface area (Å²) in [6.07, 6.45) is 1.32. The zero-order valence-electron chi connectivity index (χ0n) is 8.88. The molecule has 0 aromatic carbocycles. The molecule has 1 aliphatic rings. The van der Waals surface area contributed by atoms with Crippen LogP contribution < -0.4 is 0 Å². The number of sulfone groups is 1. The molecule has 0 aliphatic carbocycles. The van der Waals surface area contributed by atoms with Gasteiger partial charge in [0, 0.05) is 0 Å². The third kappa shape index (κ3) is 1.77. The molecule has 0 radical (unpaired) electrons. The molecule has 1 aliphatic heterocycles. The van der Waals surface area contributed by atoms with Gasteiger partial charge in [-0.25, -0.2) is 17.9 Å². The third-order valence-electron chi connectivity index (χ3n) is 2.95. The number of halogens is 1. The lowest BCUT2D eigenvalue weighted by Crippen LogP contribution is -2.09.